The van der Waals surface area contributed by atoms with Crippen LogP contribution in [0.5, 0.6) is 0 Å². The summed E-state index contributed by atoms with van der Waals surface area (Å²) < 4.78 is 10.1. The lowest BCUT2D eigenvalue weighted by Crippen LogP contribution is -2.42. The van der Waals surface area contributed by atoms with E-state index in [-0.39, 0.29) is 11.8 Å². The van der Waals surface area contributed by atoms with Gasteiger partial charge in [-0.25, -0.2) is 4.79 Å². The van der Waals surface area contributed by atoms with Gasteiger partial charge in [0.1, 0.15) is 6.04 Å². The van der Waals surface area contributed by atoms with Gasteiger partial charge in [-0.1, -0.05) is 19.9 Å². The number of benzene rings is 1. The molecule has 1 amide bonds. The van der Waals surface area contributed by atoms with Gasteiger partial charge in [0.25, 0.3) is 5.91 Å². The predicted octanol–water partition coefficient (Wildman–Crippen LogP) is 2.03. The molecule has 1 aliphatic rings. The van der Waals surface area contributed by atoms with Crippen molar-refractivity contribution in [3.63, 3.8) is 0 Å². The molecule has 0 unspecified atom stereocenters. The van der Waals surface area contributed by atoms with Crippen molar-refractivity contribution in [1.29, 1.82) is 0 Å². The van der Waals surface area contributed by atoms with Crippen molar-refractivity contribution < 1.29 is 19.1 Å². The fourth-order valence-corrected chi connectivity index (χ4v) is 2.38. The van der Waals surface area contributed by atoms with Crippen molar-refractivity contribution in [2.24, 2.45) is 5.92 Å². The maximum atomic E-state index is 12.3. The van der Waals surface area contributed by atoms with E-state index in [1.54, 1.807) is 6.07 Å². The molecule has 1 aromatic carbocycles. The first kappa shape index (κ1) is 15.5. The van der Waals surface area contributed by atoms with Crippen molar-refractivity contribution in [3.8, 4) is 0 Å². The Bertz CT molecular complexity index is 539. The van der Waals surface area contributed by atoms with Crippen molar-refractivity contribution in [3.05, 3.63) is 34.9 Å². The second kappa shape index (κ2) is 6.72. The van der Waals surface area contributed by atoms with Crippen molar-refractivity contribution in [2.75, 3.05) is 7.11 Å². The minimum atomic E-state index is -0.619. The monoisotopic (exact) mass is 291 g/mol. The second-order valence-corrected chi connectivity index (χ2v) is 5.66. The van der Waals surface area contributed by atoms with Gasteiger partial charge in [0.15, 0.2) is 0 Å². The standard InChI is InChI=1S/C16H21NO4/c1-10(2)6-14(16(19)20-3)17-15(18)11-4-5-12-8-21-9-13(12)7-11/h4-5,7,10,14H,6,8-9H2,1-3H3,(H,17,18)/t14-/m0/s1. The van der Waals surface area contributed by atoms with E-state index in [1.165, 1.54) is 7.11 Å². The van der Waals surface area contributed by atoms with Crippen LogP contribution < -0.4 is 5.32 Å². The first-order chi connectivity index (χ1) is 10.0. The Hall–Kier alpha value is -1.88. The molecule has 0 fully saturated rings. The SMILES string of the molecule is COC(=O)[C@H](CC(C)C)NC(=O)c1ccc2c(c1)COC2. The van der Waals surface area contributed by atoms with Gasteiger partial charge in [-0.3, -0.25) is 4.79 Å². The maximum absolute atomic E-state index is 12.3. The van der Waals surface area contributed by atoms with Crippen molar-refractivity contribution >= 4 is 11.9 Å². The Morgan fingerprint density at radius 3 is 2.67 bits per heavy atom. The normalized spacial score (nSPS) is 14.7. The van der Waals surface area contributed by atoms with E-state index < -0.39 is 12.0 Å². The van der Waals surface area contributed by atoms with Crippen LogP contribution in [0.2, 0.25) is 0 Å². The van der Waals surface area contributed by atoms with Crippen LogP contribution in [0.1, 0.15) is 41.8 Å². The minimum Gasteiger partial charge on any atom is -0.467 e. The molecule has 1 aliphatic heterocycles. The van der Waals surface area contributed by atoms with E-state index in [2.05, 4.69) is 5.32 Å². The van der Waals surface area contributed by atoms with Crippen molar-refractivity contribution in [1.82, 2.24) is 5.32 Å². The van der Waals surface area contributed by atoms with Crippen LogP contribution in [0.25, 0.3) is 0 Å². The van der Waals surface area contributed by atoms with Gasteiger partial charge < -0.3 is 14.8 Å². The number of methoxy groups -OCH3 is 1. The number of nitrogens with one attached hydrogen (secondary N) is 1. The molecular formula is C16H21NO4. The molecule has 0 spiro atoms. The first-order valence-electron chi connectivity index (χ1n) is 7.09. The molecule has 114 valence electrons. The van der Waals surface area contributed by atoms with E-state index in [4.69, 9.17) is 9.47 Å². The molecule has 0 saturated carbocycles. The third-order valence-electron chi connectivity index (χ3n) is 3.48. The summed E-state index contributed by atoms with van der Waals surface area (Å²) in [7, 11) is 1.33. The first-order valence-corrected chi connectivity index (χ1v) is 7.09. The fraction of sp³-hybridized carbons (Fsp3) is 0.500. The Labute approximate surface area is 124 Å². The summed E-state index contributed by atoms with van der Waals surface area (Å²) in [5.41, 5.74) is 2.68. The molecule has 0 saturated heterocycles. The number of rotatable bonds is 5. The van der Waals surface area contributed by atoms with Crippen LogP contribution >= 0.6 is 0 Å². The fourth-order valence-electron chi connectivity index (χ4n) is 2.38. The van der Waals surface area contributed by atoms with Crippen LogP contribution in [-0.4, -0.2) is 25.0 Å². The molecule has 2 rings (SSSR count). The Morgan fingerprint density at radius 1 is 1.29 bits per heavy atom. The summed E-state index contributed by atoms with van der Waals surface area (Å²) in [5.74, 6) is -0.398. The van der Waals surface area contributed by atoms with E-state index >= 15 is 0 Å². The molecule has 0 aromatic heterocycles. The number of amides is 1. The van der Waals surface area contributed by atoms with Gasteiger partial charge >= 0.3 is 5.97 Å². The average Bonchev–Trinajstić information content (AvgIpc) is 2.92. The molecule has 0 aliphatic carbocycles. The largest absolute Gasteiger partial charge is 0.467 e. The van der Waals surface area contributed by atoms with Crippen LogP contribution in [0, 0.1) is 5.92 Å². The molecule has 5 heteroatoms. The van der Waals surface area contributed by atoms with Gasteiger partial charge in [0.05, 0.1) is 20.3 Å². The molecule has 0 radical (unpaired) electrons. The lowest BCUT2D eigenvalue weighted by Gasteiger charge is -2.18. The highest BCUT2D eigenvalue weighted by molar-refractivity contribution is 5.97. The summed E-state index contributed by atoms with van der Waals surface area (Å²) in [6.07, 6.45) is 0.548. The Morgan fingerprint density at radius 2 is 2.00 bits per heavy atom. The maximum Gasteiger partial charge on any atom is 0.328 e. The third-order valence-corrected chi connectivity index (χ3v) is 3.48. The zero-order valence-corrected chi connectivity index (χ0v) is 12.6. The zero-order valence-electron chi connectivity index (χ0n) is 12.6. The number of hydrogen-bond acceptors (Lipinski definition) is 4. The van der Waals surface area contributed by atoms with Gasteiger partial charge in [-0.15, -0.1) is 0 Å². The number of carbonyl (C=O) groups excluding carboxylic acids is 2. The van der Waals surface area contributed by atoms with Crippen molar-refractivity contribution in [2.45, 2.75) is 39.5 Å². The number of fused-ring (bicyclic) bond motifs is 1. The quantitative estimate of drug-likeness (QED) is 0.843. The predicted molar refractivity (Wildman–Crippen MR) is 77.7 cm³/mol. The van der Waals surface area contributed by atoms with E-state index in [9.17, 15) is 9.59 Å². The summed E-state index contributed by atoms with van der Waals surface area (Å²) >= 11 is 0. The zero-order chi connectivity index (χ0) is 15.4. The highest BCUT2D eigenvalue weighted by atomic mass is 16.5. The van der Waals surface area contributed by atoms with Crippen LogP contribution in [0.3, 0.4) is 0 Å². The van der Waals surface area contributed by atoms with Gasteiger partial charge in [-0.05, 0) is 35.6 Å². The molecule has 0 bridgehead atoms. The minimum absolute atomic E-state index is 0.263. The summed E-state index contributed by atoms with van der Waals surface area (Å²) in [4.78, 5) is 24.0. The number of ether oxygens (including phenoxy) is 2. The molecular weight excluding hydrogens is 270 g/mol. The van der Waals surface area contributed by atoms with Crippen LogP contribution in [-0.2, 0) is 27.5 Å². The topological polar surface area (TPSA) is 64.6 Å². The molecule has 21 heavy (non-hydrogen) atoms. The molecule has 1 N–H and O–H groups in total. The highest BCUT2D eigenvalue weighted by Gasteiger charge is 2.23. The molecule has 5 nitrogen and oxygen atoms in total. The highest BCUT2D eigenvalue weighted by Crippen LogP contribution is 2.21. The smallest absolute Gasteiger partial charge is 0.328 e. The average molecular weight is 291 g/mol. The Balaban J connectivity index is 2.09. The summed E-state index contributed by atoms with van der Waals surface area (Å²) in [6.45, 7) is 5.11. The molecule has 1 atom stereocenters. The van der Waals surface area contributed by atoms with Crippen LogP contribution in [0.4, 0.5) is 0 Å². The third kappa shape index (κ3) is 3.82. The van der Waals surface area contributed by atoms with E-state index in [0.717, 1.165) is 11.1 Å². The van der Waals surface area contributed by atoms with Gasteiger partial charge in [0, 0.05) is 5.56 Å². The van der Waals surface area contributed by atoms with Gasteiger partial charge in [-0.2, -0.15) is 0 Å². The summed E-state index contributed by atoms with van der Waals surface area (Å²) in [5, 5.41) is 2.75. The molecule has 1 heterocycles. The lowest BCUT2D eigenvalue weighted by atomic mass is 10.0. The number of esters is 1. The second-order valence-electron chi connectivity index (χ2n) is 5.66. The molecule has 1 aromatic rings. The number of carbonyl (C=O) groups is 2. The number of hydrogen-bond donors (Lipinski definition) is 1. The van der Waals surface area contributed by atoms with E-state index in [1.807, 2.05) is 26.0 Å². The van der Waals surface area contributed by atoms with E-state index in [0.29, 0.717) is 25.2 Å². The van der Waals surface area contributed by atoms with Crippen LogP contribution in [0.15, 0.2) is 18.2 Å². The Kier molecular flexibility index (Phi) is 4.96. The van der Waals surface area contributed by atoms with Gasteiger partial charge in [0.2, 0.25) is 0 Å². The lowest BCUT2D eigenvalue weighted by molar-refractivity contribution is -0.143. The summed E-state index contributed by atoms with van der Waals surface area (Å²) in [6, 6.07) is 4.85.